The van der Waals surface area contributed by atoms with Crippen LogP contribution in [0, 0.1) is 18.3 Å². The minimum absolute atomic E-state index is 0.0775. The monoisotopic (exact) mass is 483 g/mol. The van der Waals surface area contributed by atoms with E-state index in [1.54, 1.807) is 0 Å². The molecule has 0 radical (unpaired) electrons. The molecule has 0 fully saturated rings. The van der Waals surface area contributed by atoms with Gasteiger partial charge in [-0.1, -0.05) is 72.4 Å². The van der Waals surface area contributed by atoms with Crippen molar-refractivity contribution in [3.63, 3.8) is 0 Å². The first-order valence-electron chi connectivity index (χ1n) is 11.2. The van der Waals surface area contributed by atoms with Gasteiger partial charge in [0, 0.05) is 18.0 Å². The fourth-order valence-corrected chi connectivity index (χ4v) is 4.67. The van der Waals surface area contributed by atoms with Crippen LogP contribution in [-0.2, 0) is 16.2 Å². The predicted octanol–water partition coefficient (Wildman–Crippen LogP) is 5.28. The van der Waals surface area contributed by atoms with Crippen LogP contribution in [0.4, 0.5) is 5.69 Å². The van der Waals surface area contributed by atoms with Crippen LogP contribution >= 0.6 is 11.8 Å². The number of carbonyl (C=O) groups is 2. The minimum Gasteiger partial charge on any atom is -0.489 e. The number of hydrogen-bond donors (Lipinski definition) is 2. The molecule has 0 unspecified atom stereocenters. The highest BCUT2D eigenvalue weighted by Gasteiger charge is 2.30. The van der Waals surface area contributed by atoms with E-state index < -0.39 is 0 Å². The Balaban J connectivity index is 1.43. The van der Waals surface area contributed by atoms with Crippen LogP contribution in [0.2, 0.25) is 0 Å². The number of para-hydroxylation sites is 1. The van der Waals surface area contributed by atoms with Crippen LogP contribution in [-0.4, -0.2) is 17.6 Å². The number of allylic oxidation sites excluding steroid dienone is 1. The molecule has 0 spiro atoms. The van der Waals surface area contributed by atoms with E-state index in [0.717, 1.165) is 34.1 Å². The number of aryl methyl sites for hydroxylation is 1. The molecule has 2 N–H and O–H groups in total. The van der Waals surface area contributed by atoms with Gasteiger partial charge in [0.25, 0.3) is 0 Å². The lowest BCUT2D eigenvalue weighted by molar-refractivity contribution is -0.121. The van der Waals surface area contributed by atoms with Crippen molar-refractivity contribution in [2.45, 2.75) is 25.9 Å². The molecule has 7 heteroatoms. The number of nitriles is 1. The summed E-state index contributed by atoms with van der Waals surface area (Å²) in [5.74, 6) is 0.0287. The van der Waals surface area contributed by atoms with E-state index in [9.17, 15) is 14.9 Å². The number of benzene rings is 3. The van der Waals surface area contributed by atoms with Crippen LogP contribution in [0.25, 0.3) is 0 Å². The highest BCUT2D eigenvalue weighted by molar-refractivity contribution is 8.03. The summed E-state index contributed by atoms with van der Waals surface area (Å²) in [7, 11) is 0. The summed E-state index contributed by atoms with van der Waals surface area (Å²) < 4.78 is 5.85. The molecule has 0 aliphatic carbocycles. The van der Waals surface area contributed by atoms with Crippen molar-refractivity contribution in [2.24, 2.45) is 0 Å². The number of rotatable bonds is 8. The van der Waals surface area contributed by atoms with Crippen molar-refractivity contribution >= 4 is 29.3 Å². The number of nitrogens with one attached hydrogen (secondary N) is 2. The van der Waals surface area contributed by atoms with Crippen molar-refractivity contribution in [3.8, 4) is 11.8 Å². The summed E-state index contributed by atoms with van der Waals surface area (Å²) in [5, 5.41) is 16.0. The topological polar surface area (TPSA) is 91.2 Å². The highest BCUT2D eigenvalue weighted by Crippen LogP contribution is 2.36. The van der Waals surface area contributed by atoms with Gasteiger partial charge in [-0.05, 0) is 41.8 Å². The van der Waals surface area contributed by atoms with Gasteiger partial charge in [-0.3, -0.25) is 9.59 Å². The maximum Gasteiger partial charge on any atom is 0.234 e. The van der Waals surface area contributed by atoms with Gasteiger partial charge in [0.15, 0.2) is 0 Å². The second kappa shape index (κ2) is 11.4. The zero-order chi connectivity index (χ0) is 24.6. The number of amides is 2. The molecule has 1 atom stereocenters. The smallest absolute Gasteiger partial charge is 0.234 e. The normalized spacial score (nSPS) is 15.2. The maximum absolute atomic E-state index is 12.5. The summed E-state index contributed by atoms with van der Waals surface area (Å²) in [6.45, 7) is 2.38. The zero-order valence-corrected chi connectivity index (χ0v) is 20.1. The molecule has 1 aliphatic rings. The van der Waals surface area contributed by atoms with Crippen LogP contribution in [0.5, 0.6) is 5.75 Å². The zero-order valence-electron chi connectivity index (χ0n) is 19.3. The Morgan fingerprint density at radius 1 is 1.09 bits per heavy atom. The highest BCUT2D eigenvalue weighted by atomic mass is 32.2. The van der Waals surface area contributed by atoms with Gasteiger partial charge in [-0.25, -0.2) is 0 Å². The fraction of sp³-hybridized carbons (Fsp3) is 0.179. The Kier molecular flexibility index (Phi) is 7.86. The van der Waals surface area contributed by atoms with Crippen molar-refractivity contribution in [1.82, 2.24) is 5.32 Å². The molecule has 3 aromatic carbocycles. The third-order valence-electron chi connectivity index (χ3n) is 5.65. The lowest BCUT2D eigenvalue weighted by Crippen LogP contribution is -2.31. The molecular weight excluding hydrogens is 458 g/mol. The number of hydrogen-bond acceptors (Lipinski definition) is 5. The van der Waals surface area contributed by atoms with Crippen molar-refractivity contribution < 1.29 is 14.3 Å². The number of thioether (sulfide) groups is 1. The molecule has 4 rings (SSSR count). The van der Waals surface area contributed by atoms with Gasteiger partial charge in [0.05, 0.1) is 22.4 Å². The van der Waals surface area contributed by atoms with Gasteiger partial charge in [-0.2, -0.15) is 5.26 Å². The minimum atomic E-state index is -0.376. The van der Waals surface area contributed by atoms with E-state index in [4.69, 9.17) is 4.74 Å². The largest absolute Gasteiger partial charge is 0.489 e. The van der Waals surface area contributed by atoms with E-state index in [1.807, 2.05) is 85.8 Å². The van der Waals surface area contributed by atoms with E-state index in [-0.39, 0.29) is 29.9 Å². The van der Waals surface area contributed by atoms with E-state index in [0.29, 0.717) is 23.0 Å². The maximum atomic E-state index is 12.5. The molecule has 0 bridgehead atoms. The van der Waals surface area contributed by atoms with Crippen molar-refractivity contribution in [3.05, 3.63) is 106 Å². The average molecular weight is 484 g/mol. The Bertz CT molecular complexity index is 1280. The SMILES string of the molecule is Cc1ccccc1NC(=O)CSC1=C(C#N)[C@H](c2ccc(OCc3ccccc3)cc2)CC(=O)N1. The Hall–Kier alpha value is -4.02. The number of ether oxygens (including phenoxy) is 1. The predicted molar refractivity (Wildman–Crippen MR) is 138 cm³/mol. The molecule has 0 saturated carbocycles. The van der Waals surface area contributed by atoms with Gasteiger partial charge in [-0.15, -0.1) is 0 Å². The summed E-state index contributed by atoms with van der Waals surface area (Å²) in [6.07, 6.45) is 0.173. The summed E-state index contributed by atoms with van der Waals surface area (Å²) in [5.41, 5.74) is 4.09. The molecule has 1 heterocycles. The van der Waals surface area contributed by atoms with Gasteiger partial charge >= 0.3 is 0 Å². The summed E-state index contributed by atoms with van der Waals surface area (Å²) in [4.78, 5) is 24.9. The number of nitrogens with zero attached hydrogens (tertiary/aromatic N) is 1. The first-order chi connectivity index (χ1) is 17.0. The molecule has 2 amide bonds. The van der Waals surface area contributed by atoms with E-state index in [1.165, 1.54) is 0 Å². The van der Waals surface area contributed by atoms with E-state index in [2.05, 4.69) is 16.7 Å². The van der Waals surface area contributed by atoms with Crippen LogP contribution in [0.1, 0.15) is 29.0 Å². The van der Waals surface area contributed by atoms with Gasteiger partial charge < -0.3 is 15.4 Å². The molecule has 35 heavy (non-hydrogen) atoms. The number of anilines is 1. The second-order valence-corrected chi connectivity index (χ2v) is 9.14. The molecular formula is C28H25N3O3S. The fourth-order valence-electron chi connectivity index (χ4n) is 3.79. The lowest BCUT2D eigenvalue weighted by atomic mass is 9.87. The molecule has 0 aromatic heterocycles. The molecule has 1 aliphatic heterocycles. The lowest BCUT2D eigenvalue weighted by Gasteiger charge is -2.25. The Morgan fingerprint density at radius 3 is 2.51 bits per heavy atom. The Labute approximate surface area is 209 Å². The van der Waals surface area contributed by atoms with E-state index >= 15 is 0 Å². The van der Waals surface area contributed by atoms with Crippen molar-refractivity contribution in [1.29, 1.82) is 5.26 Å². The summed E-state index contributed by atoms with van der Waals surface area (Å²) >= 11 is 1.16. The third-order valence-corrected chi connectivity index (χ3v) is 6.67. The first kappa shape index (κ1) is 24.1. The van der Waals surface area contributed by atoms with Crippen LogP contribution < -0.4 is 15.4 Å². The second-order valence-electron chi connectivity index (χ2n) is 8.15. The first-order valence-corrected chi connectivity index (χ1v) is 12.2. The van der Waals surface area contributed by atoms with Crippen molar-refractivity contribution in [2.75, 3.05) is 11.1 Å². The summed E-state index contributed by atoms with van der Waals surface area (Å²) in [6, 6.07) is 27.1. The molecule has 6 nitrogen and oxygen atoms in total. The van der Waals surface area contributed by atoms with Crippen LogP contribution in [0.15, 0.2) is 89.5 Å². The van der Waals surface area contributed by atoms with Gasteiger partial charge in [0.1, 0.15) is 12.4 Å². The standard InChI is InChI=1S/C28H25N3O3S/c1-19-7-5-6-10-25(19)30-27(33)18-35-28-24(16-29)23(15-26(32)31-28)21-11-13-22(14-12-21)34-17-20-8-3-2-4-9-20/h2-14,23H,15,17-18H2,1H3,(H,30,33)(H,31,32)/t23-/m0/s1. The Morgan fingerprint density at radius 2 is 1.80 bits per heavy atom. The third kappa shape index (κ3) is 6.31. The average Bonchev–Trinajstić information content (AvgIpc) is 2.88. The molecule has 3 aromatic rings. The molecule has 0 saturated heterocycles. The number of carbonyl (C=O) groups excluding carboxylic acids is 2. The van der Waals surface area contributed by atoms with Crippen LogP contribution in [0.3, 0.4) is 0 Å². The molecule has 176 valence electrons. The quantitative estimate of drug-likeness (QED) is 0.455. The van der Waals surface area contributed by atoms with Gasteiger partial charge in [0.2, 0.25) is 11.8 Å².